The largest absolute Gasteiger partial charge is 0.345 e. The summed E-state index contributed by atoms with van der Waals surface area (Å²) in [6.07, 6.45) is -0.235. The van der Waals surface area contributed by atoms with Crippen LogP contribution in [0.4, 0.5) is 0 Å². The molecule has 1 rings (SSSR count). The second-order valence-electron chi connectivity index (χ2n) is 3.15. The van der Waals surface area contributed by atoms with E-state index in [1.807, 2.05) is 0 Å². The fraction of sp³-hybridized carbons (Fsp3) is 1.00. The van der Waals surface area contributed by atoms with Crippen molar-refractivity contribution < 1.29 is 19.2 Å². The molecule has 0 saturated carbocycles. The Morgan fingerprint density at radius 3 is 2.88 bits per heavy atom. The molecule has 1 saturated heterocycles. The van der Waals surface area contributed by atoms with Gasteiger partial charge in [-0.05, 0) is 0 Å². The Labute approximate surface area is 104 Å². The highest BCUT2D eigenvalue weighted by molar-refractivity contribution is 7.54. The van der Waals surface area contributed by atoms with Gasteiger partial charge in [-0.3, -0.25) is 9.82 Å². The molecule has 6 nitrogen and oxygen atoms in total. The van der Waals surface area contributed by atoms with Gasteiger partial charge in [0.15, 0.2) is 6.23 Å². The third-order valence-corrected chi connectivity index (χ3v) is 4.79. The first-order valence-electron chi connectivity index (χ1n) is 4.87. The van der Waals surface area contributed by atoms with Gasteiger partial charge in [-0.2, -0.15) is 4.67 Å². The summed E-state index contributed by atoms with van der Waals surface area (Å²) in [6.45, 7) is 0.881. The molecule has 9 heteroatoms. The van der Waals surface area contributed by atoms with Crippen LogP contribution in [-0.4, -0.2) is 47.6 Å². The molecule has 1 aliphatic rings. The predicted octanol–water partition coefficient (Wildman–Crippen LogP) is 1.70. The monoisotopic (exact) mass is 292 g/mol. The quantitative estimate of drug-likeness (QED) is 0.336. The normalized spacial score (nSPS) is 31.8. The number of nitrogens with one attached hydrogen (secondary N) is 1. The van der Waals surface area contributed by atoms with E-state index in [-0.39, 0.29) is 12.5 Å². The second kappa shape index (κ2) is 7.13. The summed E-state index contributed by atoms with van der Waals surface area (Å²) in [5.41, 5.74) is 0. The summed E-state index contributed by atoms with van der Waals surface area (Å²) in [6, 6.07) is 0. The van der Waals surface area contributed by atoms with Gasteiger partial charge in [0, 0.05) is 31.3 Å². The van der Waals surface area contributed by atoms with E-state index >= 15 is 0 Å². The van der Waals surface area contributed by atoms with Gasteiger partial charge in [-0.15, -0.1) is 23.2 Å². The molecule has 0 aromatic carbocycles. The van der Waals surface area contributed by atoms with Crippen LogP contribution in [0.1, 0.15) is 6.42 Å². The van der Waals surface area contributed by atoms with Crippen molar-refractivity contribution in [3.05, 3.63) is 0 Å². The zero-order chi connectivity index (χ0) is 12.0. The molecule has 0 aromatic heterocycles. The maximum atomic E-state index is 12.4. The van der Waals surface area contributed by atoms with Gasteiger partial charge >= 0.3 is 7.67 Å². The third kappa shape index (κ3) is 3.55. The van der Waals surface area contributed by atoms with Crippen molar-refractivity contribution in [2.24, 2.45) is 0 Å². The van der Waals surface area contributed by atoms with Gasteiger partial charge < -0.3 is 4.52 Å². The van der Waals surface area contributed by atoms with Crippen LogP contribution in [0.5, 0.6) is 0 Å². The van der Waals surface area contributed by atoms with Crippen LogP contribution in [0.2, 0.25) is 0 Å². The van der Waals surface area contributed by atoms with Crippen molar-refractivity contribution in [3.8, 4) is 0 Å². The number of nitrogens with zero attached hydrogens (tertiary/aromatic N) is 1. The minimum absolute atomic E-state index is 0.247. The first-order valence-corrected chi connectivity index (χ1v) is 7.51. The maximum absolute atomic E-state index is 12.4. The SMILES string of the molecule is O=[P@@]1(NCCCl)OCC[C@@H](OO)N1CCCl. The Balaban J connectivity index is 2.73. The van der Waals surface area contributed by atoms with Crippen LogP contribution in [0.3, 0.4) is 0 Å². The van der Waals surface area contributed by atoms with E-state index in [0.29, 0.717) is 25.4 Å². The van der Waals surface area contributed by atoms with Crippen LogP contribution in [0, 0.1) is 0 Å². The number of halogens is 2. The molecular weight excluding hydrogens is 278 g/mol. The van der Waals surface area contributed by atoms with Crippen molar-refractivity contribution >= 4 is 30.9 Å². The molecule has 1 fully saturated rings. The second-order valence-corrected chi connectivity index (χ2v) is 6.04. The van der Waals surface area contributed by atoms with E-state index in [1.165, 1.54) is 4.67 Å². The van der Waals surface area contributed by atoms with E-state index in [0.717, 1.165) is 0 Å². The Morgan fingerprint density at radius 1 is 1.56 bits per heavy atom. The van der Waals surface area contributed by atoms with E-state index in [4.69, 9.17) is 33.0 Å². The van der Waals surface area contributed by atoms with Crippen LogP contribution < -0.4 is 5.09 Å². The predicted molar refractivity (Wildman–Crippen MR) is 61.8 cm³/mol. The molecule has 2 N–H and O–H groups in total. The Bertz CT molecular complexity index is 259. The molecule has 1 aliphatic heterocycles. The van der Waals surface area contributed by atoms with Crippen molar-refractivity contribution in [2.75, 3.05) is 31.5 Å². The van der Waals surface area contributed by atoms with E-state index in [2.05, 4.69) is 9.97 Å². The summed E-state index contributed by atoms with van der Waals surface area (Å²) in [5.74, 6) is 0.572. The summed E-state index contributed by atoms with van der Waals surface area (Å²) in [7, 11) is -3.20. The number of rotatable bonds is 6. The lowest BCUT2D eigenvalue weighted by Gasteiger charge is -2.38. The summed E-state index contributed by atoms with van der Waals surface area (Å²) < 4.78 is 19.0. The average molecular weight is 293 g/mol. The van der Waals surface area contributed by atoms with E-state index < -0.39 is 13.9 Å². The Morgan fingerprint density at radius 2 is 2.31 bits per heavy atom. The standard InChI is InChI=1S/C7H15Cl2N2O4P/c8-2-4-10-16(13)11(5-3-9)7(15-12)1-6-14-16/h7,12H,1-6H2,(H,10,13)/t7-,16+/m1/s1. The van der Waals surface area contributed by atoms with E-state index in [9.17, 15) is 4.57 Å². The summed E-state index contributed by atoms with van der Waals surface area (Å²) in [4.78, 5) is 4.27. The molecule has 0 aliphatic carbocycles. The smallest absolute Gasteiger partial charge is 0.306 e. The van der Waals surface area contributed by atoms with Gasteiger partial charge in [0.1, 0.15) is 0 Å². The van der Waals surface area contributed by atoms with E-state index in [1.54, 1.807) is 0 Å². The fourth-order valence-corrected chi connectivity index (χ4v) is 4.01. The van der Waals surface area contributed by atoms with Crippen LogP contribution in [0.15, 0.2) is 0 Å². The van der Waals surface area contributed by atoms with Gasteiger partial charge in [-0.25, -0.2) is 9.97 Å². The summed E-state index contributed by atoms with van der Waals surface area (Å²) in [5, 5.41) is 11.5. The first-order chi connectivity index (χ1) is 7.68. The lowest BCUT2D eigenvalue weighted by Crippen LogP contribution is -2.44. The molecule has 0 amide bonds. The highest BCUT2D eigenvalue weighted by Crippen LogP contribution is 2.51. The molecule has 2 atom stereocenters. The summed E-state index contributed by atoms with van der Waals surface area (Å²) >= 11 is 11.1. The minimum Gasteiger partial charge on any atom is -0.306 e. The molecular formula is C7H15Cl2N2O4P. The molecule has 0 bridgehead atoms. The topological polar surface area (TPSA) is 71.0 Å². The molecule has 0 spiro atoms. The Kier molecular flexibility index (Phi) is 6.54. The van der Waals surface area contributed by atoms with Crippen LogP contribution in [-0.2, 0) is 14.0 Å². The Hall–Kier alpha value is 0.610. The highest BCUT2D eigenvalue weighted by atomic mass is 35.5. The minimum atomic E-state index is -3.20. The van der Waals surface area contributed by atoms with Crippen molar-refractivity contribution in [1.82, 2.24) is 9.76 Å². The number of hydrogen-bond acceptors (Lipinski definition) is 4. The maximum Gasteiger partial charge on any atom is 0.345 e. The zero-order valence-electron chi connectivity index (χ0n) is 8.64. The fourth-order valence-electron chi connectivity index (χ4n) is 1.46. The third-order valence-electron chi connectivity index (χ3n) is 2.14. The first kappa shape index (κ1) is 14.7. The molecule has 16 heavy (non-hydrogen) atoms. The van der Waals surface area contributed by atoms with Crippen LogP contribution in [0.25, 0.3) is 0 Å². The molecule has 1 heterocycles. The van der Waals surface area contributed by atoms with Gasteiger partial charge in [0.05, 0.1) is 6.61 Å². The van der Waals surface area contributed by atoms with Crippen LogP contribution >= 0.6 is 30.9 Å². The van der Waals surface area contributed by atoms with Crippen molar-refractivity contribution in [1.29, 1.82) is 0 Å². The lowest BCUT2D eigenvalue weighted by atomic mass is 10.4. The lowest BCUT2D eigenvalue weighted by molar-refractivity contribution is -0.308. The molecule has 0 radical (unpaired) electrons. The highest BCUT2D eigenvalue weighted by Gasteiger charge is 2.41. The van der Waals surface area contributed by atoms with Gasteiger partial charge in [0.25, 0.3) is 0 Å². The number of alkyl halides is 2. The zero-order valence-corrected chi connectivity index (χ0v) is 11.0. The number of hydrogen-bond donors (Lipinski definition) is 2. The van der Waals surface area contributed by atoms with Crippen molar-refractivity contribution in [3.63, 3.8) is 0 Å². The molecule has 0 unspecified atom stereocenters. The van der Waals surface area contributed by atoms with Gasteiger partial charge in [0.2, 0.25) is 0 Å². The molecule has 96 valence electrons. The molecule has 0 aromatic rings. The van der Waals surface area contributed by atoms with Gasteiger partial charge in [-0.1, -0.05) is 0 Å². The average Bonchev–Trinajstić information content (AvgIpc) is 2.30. The van der Waals surface area contributed by atoms with Crippen molar-refractivity contribution in [2.45, 2.75) is 12.6 Å².